The minimum atomic E-state index is -0.620. The molecule has 0 fully saturated rings. The largest absolute Gasteiger partial charge is 0.468 e. The Hall–Kier alpha value is -1.94. The van der Waals surface area contributed by atoms with E-state index in [0.29, 0.717) is 6.42 Å². The number of hydrogen-bond donors (Lipinski definition) is 1. The van der Waals surface area contributed by atoms with Gasteiger partial charge in [-0.05, 0) is 37.1 Å². The summed E-state index contributed by atoms with van der Waals surface area (Å²) in [6.07, 6.45) is 0.469. The highest BCUT2D eigenvalue weighted by Gasteiger charge is 2.14. The molecular weight excluding hydrogens is 228 g/mol. The van der Waals surface area contributed by atoms with Crippen molar-refractivity contribution in [1.82, 2.24) is 4.98 Å². The first-order valence-corrected chi connectivity index (χ1v) is 5.80. The maximum Gasteiger partial charge on any atom is 0.322 e. The molecule has 2 rings (SSSR count). The second-order valence-corrected chi connectivity index (χ2v) is 4.31. The van der Waals surface area contributed by atoms with Crippen LogP contribution in [0, 0.1) is 6.92 Å². The van der Waals surface area contributed by atoms with Crippen molar-refractivity contribution in [2.24, 2.45) is 5.73 Å². The molecule has 2 aromatic rings. The van der Waals surface area contributed by atoms with Crippen molar-refractivity contribution in [3.05, 3.63) is 41.6 Å². The first-order chi connectivity index (χ1) is 8.60. The molecule has 18 heavy (non-hydrogen) atoms. The van der Waals surface area contributed by atoms with Crippen molar-refractivity contribution < 1.29 is 9.53 Å². The van der Waals surface area contributed by atoms with Crippen LogP contribution in [0.25, 0.3) is 10.9 Å². The zero-order valence-corrected chi connectivity index (χ0v) is 10.5. The van der Waals surface area contributed by atoms with E-state index in [-0.39, 0.29) is 0 Å². The summed E-state index contributed by atoms with van der Waals surface area (Å²) in [5.74, 6) is -0.392. The monoisotopic (exact) mass is 244 g/mol. The molecule has 4 nitrogen and oxygen atoms in total. The summed E-state index contributed by atoms with van der Waals surface area (Å²) in [6.45, 7) is 1.96. The van der Waals surface area contributed by atoms with Gasteiger partial charge in [0, 0.05) is 11.1 Å². The van der Waals surface area contributed by atoms with Crippen LogP contribution in [0.3, 0.4) is 0 Å². The van der Waals surface area contributed by atoms with Crippen molar-refractivity contribution in [3.8, 4) is 0 Å². The minimum absolute atomic E-state index is 0.392. The van der Waals surface area contributed by atoms with Crippen LogP contribution in [0.1, 0.15) is 11.3 Å². The van der Waals surface area contributed by atoms with E-state index in [9.17, 15) is 4.79 Å². The predicted octanol–water partition coefficient (Wildman–Crippen LogP) is 1.59. The van der Waals surface area contributed by atoms with E-state index in [1.165, 1.54) is 7.11 Å². The van der Waals surface area contributed by atoms with Crippen molar-refractivity contribution in [3.63, 3.8) is 0 Å². The maximum absolute atomic E-state index is 11.3. The molecule has 0 saturated heterocycles. The fraction of sp³-hybridized carbons (Fsp3) is 0.286. The second kappa shape index (κ2) is 5.14. The normalized spacial score (nSPS) is 12.4. The predicted molar refractivity (Wildman–Crippen MR) is 70.2 cm³/mol. The van der Waals surface area contributed by atoms with Gasteiger partial charge in [0.1, 0.15) is 6.04 Å². The first-order valence-electron chi connectivity index (χ1n) is 5.80. The van der Waals surface area contributed by atoms with Crippen LogP contribution in [-0.2, 0) is 16.0 Å². The minimum Gasteiger partial charge on any atom is -0.468 e. The van der Waals surface area contributed by atoms with Gasteiger partial charge in [0.05, 0.1) is 12.6 Å². The zero-order valence-electron chi connectivity index (χ0n) is 10.5. The number of hydrogen-bond acceptors (Lipinski definition) is 4. The Morgan fingerprint density at radius 3 is 2.89 bits per heavy atom. The number of fused-ring (bicyclic) bond motifs is 1. The molecule has 94 valence electrons. The number of rotatable bonds is 3. The SMILES string of the molecule is COC(=O)[C@H](N)Cc1ccc2nc(C)ccc2c1. The highest BCUT2D eigenvalue weighted by molar-refractivity contribution is 5.80. The van der Waals surface area contributed by atoms with E-state index in [2.05, 4.69) is 9.72 Å². The van der Waals surface area contributed by atoms with E-state index in [1.807, 2.05) is 37.3 Å². The Labute approximate surface area is 106 Å². The van der Waals surface area contributed by atoms with Gasteiger partial charge in [-0.25, -0.2) is 0 Å². The maximum atomic E-state index is 11.3. The van der Waals surface area contributed by atoms with Gasteiger partial charge in [0.15, 0.2) is 0 Å². The number of esters is 1. The molecule has 0 saturated carbocycles. The van der Waals surface area contributed by atoms with Gasteiger partial charge in [-0.15, -0.1) is 0 Å². The van der Waals surface area contributed by atoms with Crippen molar-refractivity contribution in [2.75, 3.05) is 7.11 Å². The third kappa shape index (κ3) is 2.65. The van der Waals surface area contributed by atoms with Gasteiger partial charge in [-0.2, -0.15) is 0 Å². The van der Waals surface area contributed by atoms with Crippen LogP contribution >= 0.6 is 0 Å². The van der Waals surface area contributed by atoms with Crippen LogP contribution in [0.2, 0.25) is 0 Å². The number of nitrogens with zero attached hydrogens (tertiary/aromatic N) is 1. The van der Waals surface area contributed by atoms with Crippen LogP contribution in [0.4, 0.5) is 0 Å². The number of nitrogens with two attached hydrogens (primary N) is 1. The van der Waals surface area contributed by atoms with Gasteiger partial charge >= 0.3 is 5.97 Å². The smallest absolute Gasteiger partial charge is 0.322 e. The highest BCUT2D eigenvalue weighted by Crippen LogP contribution is 2.15. The van der Waals surface area contributed by atoms with Gasteiger partial charge in [-0.1, -0.05) is 12.1 Å². The van der Waals surface area contributed by atoms with Crippen molar-refractivity contribution in [1.29, 1.82) is 0 Å². The van der Waals surface area contributed by atoms with Gasteiger partial charge in [-0.3, -0.25) is 9.78 Å². The summed E-state index contributed by atoms with van der Waals surface area (Å²) in [5, 5.41) is 1.05. The molecule has 0 aliphatic rings. The first kappa shape index (κ1) is 12.5. The van der Waals surface area contributed by atoms with E-state index >= 15 is 0 Å². The summed E-state index contributed by atoms with van der Waals surface area (Å²) in [6, 6.07) is 9.26. The van der Waals surface area contributed by atoms with Crippen LogP contribution in [-0.4, -0.2) is 24.1 Å². The zero-order chi connectivity index (χ0) is 13.1. The third-order valence-electron chi connectivity index (χ3n) is 2.85. The molecule has 1 atom stereocenters. The van der Waals surface area contributed by atoms with E-state index in [4.69, 9.17) is 5.73 Å². The molecule has 0 radical (unpaired) electrons. The Morgan fingerprint density at radius 2 is 2.17 bits per heavy atom. The molecule has 0 aliphatic heterocycles. The second-order valence-electron chi connectivity index (χ2n) is 4.31. The number of pyridine rings is 1. The standard InChI is InChI=1S/C14H16N2O2/c1-9-3-5-11-7-10(4-6-13(11)16-9)8-12(15)14(17)18-2/h3-7,12H,8,15H2,1-2H3/t12-/m1/s1. The third-order valence-corrected chi connectivity index (χ3v) is 2.85. The topological polar surface area (TPSA) is 65.2 Å². The van der Waals surface area contributed by atoms with Crippen molar-refractivity contribution >= 4 is 16.9 Å². The van der Waals surface area contributed by atoms with Crippen LogP contribution < -0.4 is 5.73 Å². The van der Waals surface area contributed by atoms with Gasteiger partial charge < -0.3 is 10.5 Å². The highest BCUT2D eigenvalue weighted by atomic mass is 16.5. The average molecular weight is 244 g/mol. The fourth-order valence-electron chi connectivity index (χ4n) is 1.89. The van der Waals surface area contributed by atoms with Crippen LogP contribution in [0.5, 0.6) is 0 Å². The fourth-order valence-corrected chi connectivity index (χ4v) is 1.89. The Balaban J connectivity index is 2.25. The lowest BCUT2D eigenvalue weighted by atomic mass is 10.0. The Bertz CT molecular complexity index is 581. The van der Waals surface area contributed by atoms with E-state index in [0.717, 1.165) is 22.2 Å². The van der Waals surface area contributed by atoms with Crippen molar-refractivity contribution in [2.45, 2.75) is 19.4 Å². The number of benzene rings is 1. The molecule has 0 spiro atoms. The number of carbonyl (C=O) groups excluding carboxylic acids is 1. The summed E-state index contributed by atoms with van der Waals surface area (Å²) in [7, 11) is 1.34. The lowest BCUT2D eigenvalue weighted by Crippen LogP contribution is -2.33. The molecule has 1 aromatic heterocycles. The number of ether oxygens (including phenoxy) is 1. The Morgan fingerprint density at radius 1 is 1.39 bits per heavy atom. The molecule has 0 amide bonds. The van der Waals surface area contributed by atoms with Gasteiger partial charge in [0.2, 0.25) is 0 Å². The molecule has 1 aromatic carbocycles. The molecule has 2 N–H and O–H groups in total. The summed E-state index contributed by atoms with van der Waals surface area (Å²) in [5.41, 5.74) is 8.68. The lowest BCUT2D eigenvalue weighted by Gasteiger charge is -2.09. The summed E-state index contributed by atoms with van der Waals surface area (Å²) < 4.78 is 4.61. The van der Waals surface area contributed by atoms with E-state index in [1.54, 1.807) is 0 Å². The van der Waals surface area contributed by atoms with Gasteiger partial charge in [0.25, 0.3) is 0 Å². The number of aryl methyl sites for hydroxylation is 1. The molecule has 0 unspecified atom stereocenters. The molecular formula is C14H16N2O2. The molecule has 4 heteroatoms. The molecule has 1 heterocycles. The number of aromatic nitrogens is 1. The number of methoxy groups -OCH3 is 1. The summed E-state index contributed by atoms with van der Waals surface area (Å²) >= 11 is 0. The number of carbonyl (C=O) groups is 1. The molecule has 0 aliphatic carbocycles. The quantitative estimate of drug-likeness (QED) is 0.833. The lowest BCUT2D eigenvalue weighted by molar-refractivity contribution is -0.142. The molecule has 0 bridgehead atoms. The van der Waals surface area contributed by atoms with E-state index < -0.39 is 12.0 Å². The summed E-state index contributed by atoms with van der Waals surface area (Å²) in [4.78, 5) is 15.7. The van der Waals surface area contributed by atoms with Crippen LogP contribution in [0.15, 0.2) is 30.3 Å². The average Bonchev–Trinajstić information content (AvgIpc) is 2.38. The Kier molecular flexibility index (Phi) is 3.58.